The van der Waals surface area contributed by atoms with E-state index in [4.69, 9.17) is 46.4 Å². The molecule has 0 unspecified atom stereocenters. The number of rotatable bonds is 2. The number of aliphatic carboxylic acids is 2. The molecule has 2 N–H and O–H groups in total. The molecular formula is C10H8Cl4O4. The Kier molecular flexibility index (Phi) is 2.48. The van der Waals surface area contributed by atoms with Gasteiger partial charge in [0.25, 0.3) is 0 Å². The van der Waals surface area contributed by atoms with E-state index in [9.17, 15) is 19.8 Å². The average Bonchev–Trinajstić information content (AvgIpc) is 2.29. The monoisotopic (exact) mass is 332 g/mol. The maximum atomic E-state index is 11.3. The van der Waals surface area contributed by atoms with Crippen LogP contribution in [0, 0.1) is 23.7 Å². The summed E-state index contributed by atoms with van der Waals surface area (Å²) in [4.78, 5) is 20.4. The van der Waals surface area contributed by atoms with Crippen molar-refractivity contribution in [2.75, 3.05) is 0 Å². The molecule has 18 heavy (non-hydrogen) atoms. The number of carboxylic acids is 2. The summed E-state index contributed by atoms with van der Waals surface area (Å²) in [5.41, 5.74) is 0. The number of alkyl halides is 4. The molecule has 0 spiro atoms. The van der Waals surface area contributed by atoms with Crippen LogP contribution in [0.5, 0.6) is 0 Å². The molecule has 5 fully saturated rings. The van der Waals surface area contributed by atoms with E-state index in [1.807, 2.05) is 0 Å². The Morgan fingerprint density at radius 3 is 1.33 bits per heavy atom. The van der Waals surface area contributed by atoms with Crippen molar-refractivity contribution in [2.24, 2.45) is 23.7 Å². The second-order valence-corrected chi connectivity index (χ2v) is 7.31. The van der Waals surface area contributed by atoms with Crippen LogP contribution in [0.4, 0.5) is 0 Å². The molecule has 0 aliphatic heterocycles. The summed E-state index contributed by atoms with van der Waals surface area (Å²) in [6, 6.07) is 0. The van der Waals surface area contributed by atoms with Gasteiger partial charge in [-0.2, -0.15) is 0 Å². The predicted molar refractivity (Wildman–Crippen MR) is 65.7 cm³/mol. The van der Waals surface area contributed by atoms with E-state index in [0.29, 0.717) is 0 Å². The van der Waals surface area contributed by atoms with E-state index >= 15 is 0 Å². The van der Waals surface area contributed by atoms with Gasteiger partial charge in [0, 0.05) is 11.8 Å². The van der Waals surface area contributed by atoms with Crippen molar-refractivity contribution >= 4 is 58.3 Å². The first kappa shape index (κ1) is 13.1. The van der Waals surface area contributed by atoms with E-state index in [-0.39, 0.29) is 0 Å². The molecule has 0 aromatic heterocycles. The number of hydrogen-bond acceptors (Lipinski definition) is 2. The van der Waals surface area contributed by atoms with Crippen molar-refractivity contribution in [3.63, 3.8) is 0 Å². The molecule has 5 saturated carbocycles. The van der Waals surface area contributed by atoms with Crippen LogP contribution >= 0.6 is 46.4 Å². The molecule has 5 rings (SSSR count). The molecule has 5 aliphatic rings. The first-order valence-corrected chi connectivity index (χ1v) is 6.95. The molecule has 5 aliphatic carbocycles. The summed E-state index contributed by atoms with van der Waals surface area (Å²) in [5, 5.41) is 17.1. The summed E-state index contributed by atoms with van der Waals surface area (Å²) < 4.78 is 0. The van der Waals surface area contributed by atoms with Crippen molar-refractivity contribution in [3.05, 3.63) is 0 Å². The number of carbonyl (C=O) groups is 2. The highest BCUT2D eigenvalue weighted by Gasteiger charge is 2.92. The van der Waals surface area contributed by atoms with E-state index in [0.717, 1.165) is 0 Å². The maximum Gasteiger partial charge on any atom is 0.307 e. The molecule has 8 heteroatoms. The minimum Gasteiger partial charge on any atom is -0.481 e. The molecule has 4 nitrogen and oxygen atoms in total. The van der Waals surface area contributed by atoms with Gasteiger partial charge in [0.2, 0.25) is 0 Å². The minimum atomic E-state index is -1.21. The van der Waals surface area contributed by atoms with Crippen molar-refractivity contribution in [1.29, 1.82) is 0 Å². The van der Waals surface area contributed by atoms with Crippen LogP contribution in [0.15, 0.2) is 0 Å². The quantitative estimate of drug-likeness (QED) is 0.756. The number of carboxylic acid groups (broad SMARTS) is 2. The molecule has 0 saturated heterocycles. The number of halogens is 4. The minimum absolute atomic E-state index is 0.659. The molecule has 0 heterocycles. The van der Waals surface area contributed by atoms with Crippen molar-refractivity contribution in [3.8, 4) is 0 Å². The van der Waals surface area contributed by atoms with Gasteiger partial charge in [-0.05, 0) is 0 Å². The van der Waals surface area contributed by atoms with Gasteiger partial charge in [0.05, 0.1) is 32.3 Å². The SMILES string of the molecule is O=C(O)[C@@H]1[C@@H](C(=O)O)[C@H]2[C@H](Cl)[C@@]3(Cl)[C@@H]1[C@H](Cl)[C@@]23Cl. The van der Waals surface area contributed by atoms with Gasteiger partial charge in [-0.1, -0.05) is 0 Å². The van der Waals surface area contributed by atoms with Crippen molar-refractivity contribution < 1.29 is 19.8 Å². The fraction of sp³-hybridized carbons (Fsp3) is 0.800. The third-order valence-corrected chi connectivity index (χ3v) is 7.87. The van der Waals surface area contributed by atoms with Crippen LogP contribution in [0.3, 0.4) is 0 Å². The zero-order valence-electron chi connectivity index (χ0n) is 8.69. The van der Waals surface area contributed by atoms with Gasteiger partial charge in [-0.3, -0.25) is 9.59 Å². The molecule has 4 bridgehead atoms. The van der Waals surface area contributed by atoms with Crippen LogP contribution in [0.25, 0.3) is 0 Å². The first-order valence-electron chi connectivity index (χ1n) is 5.32. The van der Waals surface area contributed by atoms with Gasteiger partial charge < -0.3 is 10.2 Å². The van der Waals surface area contributed by atoms with Gasteiger partial charge in [0.1, 0.15) is 0 Å². The lowest BCUT2D eigenvalue weighted by Crippen LogP contribution is -2.94. The third kappa shape index (κ3) is 0.983. The molecule has 8 atom stereocenters. The van der Waals surface area contributed by atoms with Gasteiger partial charge >= 0.3 is 11.9 Å². The summed E-state index contributed by atoms with van der Waals surface area (Å²) >= 11 is 24.9. The fourth-order valence-corrected chi connectivity index (χ4v) is 6.89. The lowest BCUT2D eigenvalue weighted by molar-refractivity contribution is -0.199. The third-order valence-electron chi connectivity index (χ3n) is 4.72. The zero-order valence-corrected chi connectivity index (χ0v) is 11.7. The van der Waals surface area contributed by atoms with E-state index < -0.39 is 56.1 Å². The van der Waals surface area contributed by atoms with Gasteiger partial charge in [-0.25, -0.2) is 0 Å². The molecule has 0 amide bonds. The highest BCUT2D eigenvalue weighted by molar-refractivity contribution is 6.49. The lowest BCUT2D eigenvalue weighted by Gasteiger charge is -2.81. The van der Waals surface area contributed by atoms with Crippen LogP contribution in [-0.2, 0) is 9.59 Å². The summed E-state index contributed by atoms with van der Waals surface area (Å²) in [7, 11) is 0. The second-order valence-electron chi connectivity index (χ2n) is 5.12. The normalized spacial score (nSPS) is 60.4. The fourth-order valence-electron chi connectivity index (χ4n) is 4.01. The summed E-state index contributed by atoms with van der Waals surface area (Å²) in [6.07, 6.45) is 0. The number of hydrogen-bond donors (Lipinski definition) is 2. The topological polar surface area (TPSA) is 74.6 Å². The van der Waals surface area contributed by atoms with Crippen LogP contribution in [0.1, 0.15) is 0 Å². The Labute approximate surface area is 122 Å². The van der Waals surface area contributed by atoms with Crippen LogP contribution in [-0.4, -0.2) is 42.7 Å². The maximum absolute atomic E-state index is 11.3. The summed E-state index contributed by atoms with van der Waals surface area (Å²) in [6.45, 7) is 0. The Morgan fingerprint density at radius 2 is 1.11 bits per heavy atom. The van der Waals surface area contributed by atoms with Gasteiger partial charge in [-0.15, -0.1) is 46.4 Å². The van der Waals surface area contributed by atoms with Crippen molar-refractivity contribution in [2.45, 2.75) is 20.5 Å². The largest absolute Gasteiger partial charge is 0.481 e. The van der Waals surface area contributed by atoms with Crippen LogP contribution in [0.2, 0.25) is 0 Å². The second kappa shape index (κ2) is 3.40. The standard InChI is InChI=1S/C10H8Cl4O4/c11-5-3-1(7(15)16)2(8(17)18)4-6(12)9(3,13)10(4,5)14/h1-6H,(H,15,16)(H,17,18)/t1-,2-,3+,4+,5+,6+,9+,10+/m1/s1. The smallest absolute Gasteiger partial charge is 0.307 e. The Hall–Kier alpha value is 0.1000. The van der Waals surface area contributed by atoms with E-state index in [1.165, 1.54) is 0 Å². The van der Waals surface area contributed by atoms with Crippen molar-refractivity contribution in [1.82, 2.24) is 0 Å². The first-order chi connectivity index (χ1) is 8.20. The lowest BCUT2D eigenvalue weighted by atomic mass is 9.34. The molecule has 0 radical (unpaired) electrons. The highest BCUT2D eigenvalue weighted by Crippen LogP contribution is 2.81. The predicted octanol–water partition coefficient (Wildman–Crippen LogP) is 1.83. The summed E-state index contributed by atoms with van der Waals surface area (Å²) in [5.74, 6) is -6.13. The zero-order chi connectivity index (χ0) is 13.6. The van der Waals surface area contributed by atoms with Gasteiger partial charge in [0.15, 0.2) is 0 Å². The Balaban J connectivity index is 2.11. The average molecular weight is 334 g/mol. The van der Waals surface area contributed by atoms with E-state index in [2.05, 4.69) is 0 Å². The molecule has 0 aromatic rings. The highest BCUT2D eigenvalue weighted by atomic mass is 35.5. The Morgan fingerprint density at radius 1 is 0.833 bits per heavy atom. The Bertz CT molecular complexity index is 429. The van der Waals surface area contributed by atoms with Crippen LogP contribution < -0.4 is 0 Å². The molecule has 100 valence electrons. The molecule has 0 aromatic carbocycles. The van der Waals surface area contributed by atoms with E-state index in [1.54, 1.807) is 0 Å². The molecular weight excluding hydrogens is 326 g/mol.